The molecule has 0 fully saturated rings. The third kappa shape index (κ3) is 6.08. The largest absolute Gasteiger partial charge is 0.493 e. The average Bonchev–Trinajstić information content (AvgIpc) is 2.60. The predicted molar refractivity (Wildman–Crippen MR) is 102 cm³/mol. The van der Waals surface area contributed by atoms with Crippen molar-refractivity contribution in [2.45, 2.75) is 32.6 Å². The fourth-order valence-corrected chi connectivity index (χ4v) is 2.30. The van der Waals surface area contributed by atoms with E-state index >= 15 is 0 Å². The Morgan fingerprint density at radius 2 is 1.58 bits per heavy atom. The maximum atomic E-state index is 11.9. The molecule has 2 aromatic carbocycles. The summed E-state index contributed by atoms with van der Waals surface area (Å²) < 4.78 is 5.56. The van der Waals surface area contributed by atoms with E-state index in [-0.39, 0.29) is 24.3 Å². The summed E-state index contributed by atoms with van der Waals surface area (Å²) in [5, 5.41) is 0.540. The number of ether oxygens (including phenoxy) is 1. The summed E-state index contributed by atoms with van der Waals surface area (Å²) in [6, 6.07) is 14.2. The summed E-state index contributed by atoms with van der Waals surface area (Å²) in [7, 11) is 0. The lowest BCUT2D eigenvalue weighted by Gasteiger charge is -2.19. The number of carbonyl (C=O) groups is 2. The van der Waals surface area contributed by atoms with Crippen LogP contribution in [0.5, 0.6) is 5.75 Å². The second-order valence-electron chi connectivity index (χ2n) is 6.88. The van der Waals surface area contributed by atoms with Crippen molar-refractivity contribution in [3.63, 3.8) is 0 Å². The van der Waals surface area contributed by atoms with E-state index in [0.717, 1.165) is 0 Å². The van der Waals surface area contributed by atoms with Gasteiger partial charge in [-0.15, -0.1) is 0 Å². The molecule has 0 saturated heterocycles. The minimum absolute atomic E-state index is 0.0840. The van der Waals surface area contributed by atoms with Crippen LogP contribution in [-0.4, -0.2) is 18.4 Å². The van der Waals surface area contributed by atoms with Crippen LogP contribution in [0.15, 0.2) is 48.5 Å². The summed E-state index contributed by atoms with van der Waals surface area (Å²) in [5.41, 5.74) is 6.42. The zero-order valence-electron chi connectivity index (χ0n) is 15.1. The Hall–Kier alpha value is -2.53. The molecule has 2 amide bonds. The monoisotopic (exact) mass is 374 g/mol. The first kappa shape index (κ1) is 19.8. The van der Waals surface area contributed by atoms with Crippen LogP contribution in [-0.2, 0) is 10.2 Å². The number of carbonyl (C=O) groups excluding carboxylic acids is 2. The first-order valence-corrected chi connectivity index (χ1v) is 8.71. The molecule has 6 heteroatoms. The highest BCUT2D eigenvalue weighted by atomic mass is 35.5. The minimum Gasteiger partial charge on any atom is -0.493 e. The van der Waals surface area contributed by atoms with E-state index in [1.54, 1.807) is 24.3 Å². The number of amides is 2. The van der Waals surface area contributed by atoms with Crippen LogP contribution >= 0.6 is 11.6 Å². The molecule has 138 valence electrons. The molecule has 0 aromatic heterocycles. The summed E-state index contributed by atoms with van der Waals surface area (Å²) >= 11 is 5.77. The third-order valence-electron chi connectivity index (χ3n) is 3.74. The molecule has 0 unspecified atom stereocenters. The van der Waals surface area contributed by atoms with Gasteiger partial charge in [0.2, 0.25) is 5.91 Å². The molecule has 2 rings (SSSR count). The molecule has 26 heavy (non-hydrogen) atoms. The van der Waals surface area contributed by atoms with Gasteiger partial charge in [-0.2, -0.15) is 0 Å². The van der Waals surface area contributed by atoms with Gasteiger partial charge in [0.05, 0.1) is 13.0 Å². The number of benzene rings is 2. The van der Waals surface area contributed by atoms with Crippen molar-refractivity contribution in [1.82, 2.24) is 10.9 Å². The quantitative estimate of drug-likeness (QED) is 0.781. The number of hydrogen-bond donors (Lipinski definition) is 2. The summed E-state index contributed by atoms with van der Waals surface area (Å²) in [6.07, 6.45) is 0.127. The molecule has 0 saturated carbocycles. The highest BCUT2D eigenvalue weighted by molar-refractivity contribution is 6.30. The standard InChI is InChI=1S/C20H23ClN2O3/c1-20(2,3)15-6-10-17(11-7-15)26-13-12-18(24)22-23-19(25)14-4-8-16(21)9-5-14/h4-11H,12-13H2,1-3H3,(H,22,24)(H,23,25). The van der Waals surface area contributed by atoms with Gasteiger partial charge in [-0.3, -0.25) is 20.4 Å². The van der Waals surface area contributed by atoms with Crippen LogP contribution in [0, 0.1) is 0 Å². The third-order valence-corrected chi connectivity index (χ3v) is 3.99. The Labute approximate surface area is 158 Å². The lowest BCUT2D eigenvalue weighted by atomic mass is 9.87. The van der Waals surface area contributed by atoms with E-state index in [2.05, 4.69) is 31.6 Å². The smallest absolute Gasteiger partial charge is 0.269 e. The van der Waals surface area contributed by atoms with Crippen molar-refractivity contribution < 1.29 is 14.3 Å². The average molecular weight is 375 g/mol. The number of nitrogens with one attached hydrogen (secondary N) is 2. The number of hydrazine groups is 1. The Balaban J connectivity index is 1.72. The topological polar surface area (TPSA) is 67.4 Å². The SMILES string of the molecule is CC(C)(C)c1ccc(OCCC(=O)NNC(=O)c2ccc(Cl)cc2)cc1. The first-order valence-electron chi connectivity index (χ1n) is 8.34. The zero-order chi connectivity index (χ0) is 19.2. The normalized spacial score (nSPS) is 10.9. The van der Waals surface area contributed by atoms with Gasteiger partial charge in [0.15, 0.2) is 0 Å². The van der Waals surface area contributed by atoms with Gasteiger partial charge in [0.25, 0.3) is 5.91 Å². The summed E-state index contributed by atoms with van der Waals surface area (Å²) in [5.74, 6) is -0.0386. The van der Waals surface area contributed by atoms with Gasteiger partial charge in [0.1, 0.15) is 5.75 Å². The Kier molecular flexibility index (Phi) is 6.64. The molecule has 5 nitrogen and oxygen atoms in total. The van der Waals surface area contributed by atoms with Crippen molar-refractivity contribution in [3.05, 3.63) is 64.7 Å². The molecule has 0 spiro atoms. The summed E-state index contributed by atoms with van der Waals surface area (Å²) in [6.45, 7) is 6.65. The molecular formula is C20H23ClN2O3. The van der Waals surface area contributed by atoms with E-state index in [1.165, 1.54) is 5.56 Å². The van der Waals surface area contributed by atoms with Crippen LogP contribution in [0.25, 0.3) is 0 Å². The molecule has 2 aromatic rings. The van der Waals surface area contributed by atoms with Gasteiger partial charge in [0, 0.05) is 10.6 Å². The predicted octanol–water partition coefficient (Wildman–Crippen LogP) is 3.87. The Bertz CT molecular complexity index is 750. The fraction of sp³-hybridized carbons (Fsp3) is 0.300. The van der Waals surface area contributed by atoms with Crippen LogP contribution in [0.4, 0.5) is 0 Å². The molecule has 0 aliphatic carbocycles. The van der Waals surface area contributed by atoms with Crippen LogP contribution in [0.2, 0.25) is 5.02 Å². The van der Waals surface area contributed by atoms with E-state index < -0.39 is 5.91 Å². The fourth-order valence-electron chi connectivity index (χ4n) is 2.18. The van der Waals surface area contributed by atoms with Gasteiger partial charge in [-0.05, 0) is 47.4 Å². The second-order valence-corrected chi connectivity index (χ2v) is 7.32. The maximum absolute atomic E-state index is 11.9. The van der Waals surface area contributed by atoms with Crippen molar-refractivity contribution in [2.75, 3.05) is 6.61 Å². The first-order chi connectivity index (χ1) is 12.3. The van der Waals surface area contributed by atoms with Crippen LogP contribution < -0.4 is 15.6 Å². The van der Waals surface area contributed by atoms with E-state index in [9.17, 15) is 9.59 Å². The minimum atomic E-state index is -0.409. The second kappa shape index (κ2) is 8.72. The summed E-state index contributed by atoms with van der Waals surface area (Å²) in [4.78, 5) is 23.7. The number of rotatable bonds is 5. The molecule has 0 bridgehead atoms. The Morgan fingerprint density at radius 3 is 2.15 bits per heavy atom. The van der Waals surface area contributed by atoms with Crippen molar-refractivity contribution in [3.8, 4) is 5.75 Å². The van der Waals surface area contributed by atoms with E-state index in [0.29, 0.717) is 16.3 Å². The van der Waals surface area contributed by atoms with E-state index in [1.807, 2.05) is 24.3 Å². The molecule has 0 heterocycles. The molecule has 2 N–H and O–H groups in total. The van der Waals surface area contributed by atoms with Crippen LogP contribution in [0.1, 0.15) is 43.1 Å². The van der Waals surface area contributed by atoms with Gasteiger partial charge >= 0.3 is 0 Å². The number of halogens is 1. The lowest BCUT2D eigenvalue weighted by Crippen LogP contribution is -2.42. The van der Waals surface area contributed by atoms with Gasteiger partial charge < -0.3 is 4.74 Å². The molecule has 0 atom stereocenters. The lowest BCUT2D eigenvalue weighted by molar-refractivity contribution is -0.122. The molecule has 0 radical (unpaired) electrons. The van der Waals surface area contributed by atoms with Crippen molar-refractivity contribution in [1.29, 1.82) is 0 Å². The highest BCUT2D eigenvalue weighted by Crippen LogP contribution is 2.24. The molecular weight excluding hydrogens is 352 g/mol. The van der Waals surface area contributed by atoms with Crippen molar-refractivity contribution in [2.24, 2.45) is 0 Å². The molecule has 0 aliphatic rings. The van der Waals surface area contributed by atoms with Crippen molar-refractivity contribution >= 4 is 23.4 Å². The van der Waals surface area contributed by atoms with Crippen LogP contribution in [0.3, 0.4) is 0 Å². The maximum Gasteiger partial charge on any atom is 0.269 e. The van der Waals surface area contributed by atoms with Gasteiger partial charge in [-0.1, -0.05) is 44.5 Å². The molecule has 0 aliphatic heterocycles. The highest BCUT2D eigenvalue weighted by Gasteiger charge is 2.13. The zero-order valence-corrected chi connectivity index (χ0v) is 15.9. The van der Waals surface area contributed by atoms with E-state index in [4.69, 9.17) is 16.3 Å². The number of hydrogen-bond acceptors (Lipinski definition) is 3. The Morgan fingerprint density at radius 1 is 0.962 bits per heavy atom. The van der Waals surface area contributed by atoms with Gasteiger partial charge in [-0.25, -0.2) is 0 Å².